The predicted octanol–water partition coefficient (Wildman–Crippen LogP) is -3.67. The molecule has 1 heterocycles. The van der Waals surface area contributed by atoms with Gasteiger partial charge in [-0.2, -0.15) is 0 Å². The molecular formula is C9H20N2O5. The average Bonchev–Trinajstić information content (AvgIpc) is 2.36. The maximum Gasteiger partial charge on any atom is 0.111 e. The lowest BCUT2D eigenvalue weighted by Crippen LogP contribution is -2.61. The van der Waals surface area contributed by atoms with Crippen LogP contribution in [0.1, 0.15) is 6.42 Å². The van der Waals surface area contributed by atoms with E-state index in [9.17, 15) is 15.3 Å². The summed E-state index contributed by atoms with van der Waals surface area (Å²) in [5.74, 6) is 0. The van der Waals surface area contributed by atoms with Crippen LogP contribution >= 0.6 is 0 Å². The van der Waals surface area contributed by atoms with Gasteiger partial charge in [0.1, 0.15) is 24.4 Å². The molecule has 0 unspecified atom stereocenters. The Hall–Kier alpha value is -0.280. The minimum Gasteiger partial charge on any atom is -0.394 e. The minimum absolute atomic E-state index is 0.524. The van der Waals surface area contributed by atoms with Crippen molar-refractivity contribution in [2.24, 2.45) is 0 Å². The second-order valence-electron chi connectivity index (χ2n) is 3.96. The van der Waals surface area contributed by atoms with Crippen molar-refractivity contribution < 1.29 is 25.5 Å². The Morgan fingerprint density at radius 1 is 1.00 bits per heavy atom. The van der Waals surface area contributed by atoms with E-state index in [4.69, 9.17) is 10.2 Å². The minimum atomic E-state index is -1.58. The average molecular weight is 236 g/mol. The normalized spacial score (nSPS) is 26.1. The van der Waals surface area contributed by atoms with Crippen molar-refractivity contribution in [3.05, 3.63) is 0 Å². The standard InChI is InChI=1S/C9H20N2O5/c12-4-5(13)6(14)7(15)8(16)9-10-2-1-3-11-9/h5-16H,1-4H2/t5-,6-,7+,8+/m0/s1. The summed E-state index contributed by atoms with van der Waals surface area (Å²) in [6.45, 7) is 0.747. The molecule has 0 aromatic carbocycles. The molecule has 7 nitrogen and oxygen atoms in total. The third kappa shape index (κ3) is 3.36. The quantitative estimate of drug-likeness (QED) is 0.262. The van der Waals surface area contributed by atoms with Crippen molar-refractivity contribution in [1.29, 1.82) is 0 Å². The zero-order chi connectivity index (χ0) is 12.1. The fraction of sp³-hybridized carbons (Fsp3) is 1.00. The number of aliphatic hydroxyl groups excluding tert-OH is 5. The Morgan fingerprint density at radius 2 is 1.56 bits per heavy atom. The van der Waals surface area contributed by atoms with Gasteiger partial charge in [-0.15, -0.1) is 0 Å². The van der Waals surface area contributed by atoms with Gasteiger partial charge in [0.2, 0.25) is 0 Å². The molecule has 7 heteroatoms. The van der Waals surface area contributed by atoms with Crippen LogP contribution in [0.25, 0.3) is 0 Å². The molecule has 1 saturated heterocycles. The van der Waals surface area contributed by atoms with Crippen LogP contribution < -0.4 is 10.6 Å². The maximum atomic E-state index is 9.73. The molecule has 0 aromatic heterocycles. The molecule has 96 valence electrons. The third-order valence-electron chi connectivity index (χ3n) is 2.70. The molecule has 0 radical (unpaired) electrons. The van der Waals surface area contributed by atoms with E-state index in [0.717, 1.165) is 6.42 Å². The van der Waals surface area contributed by atoms with Crippen LogP contribution in [0.3, 0.4) is 0 Å². The molecule has 1 aliphatic heterocycles. The molecule has 1 aliphatic rings. The van der Waals surface area contributed by atoms with Crippen molar-refractivity contribution in [1.82, 2.24) is 10.6 Å². The fourth-order valence-electron chi connectivity index (χ4n) is 1.65. The van der Waals surface area contributed by atoms with Crippen molar-refractivity contribution in [2.75, 3.05) is 19.7 Å². The summed E-state index contributed by atoms with van der Waals surface area (Å²) in [4.78, 5) is 0. The van der Waals surface area contributed by atoms with Gasteiger partial charge in [-0.3, -0.25) is 10.6 Å². The van der Waals surface area contributed by atoms with Crippen molar-refractivity contribution in [3.8, 4) is 0 Å². The van der Waals surface area contributed by atoms with Crippen LogP contribution in [0.5, 0.6) is 0 Å². The largest absolute Gasteiger partial charge is 0.394 e. The van der Waals surface area contributed by atoms with Gasteiger partial charge >= 0.3 is 0 Å². The molecule has 7 N–H and O–H groups in total. The van der Waals surface area contributed by atoms with Crippen LogP contribution in [0.2, 0.25) is 0 Å². The van der Waals surface area contributed by atoms with E-state index in [0.29, 0.717) is 13.1 Å². The molecule has 0 bridgehead atoms. The molecule has 4 atom stereocenters. The van der Waals surface area contributed by atoms with Gasteiger partial charge in [0.05, 0.1) is 12.8 Å². The highest BCUT2D eigenvalue weighted by molar-refractivity contribution is 4.88. The van der Waals surface area contributed by atoms with Gasteiger partial charge in [0.25, 0.3) is 0 Å². The van der Waals surface area contributed by atoms with Crippen molar-refractivity contribution >= 4 is 0 Å². The lowest BCUT2D eigenvalue weighted by Gasteiger charge is -2.34. The molecule has 0 saturated carbocycles. The summed E-state index contributed by atoms with van der Waals surface area (Å²) < 4.78 is 0. The van der Waals surface area contributed by atoms with E-state index < -0.39 is 37.2 Å². The summed E-state index contributed by atoms with van der Waals surface area (Å²) in [5, 5.41) is 52.3. The summed E-state index contributed by atoms with van der Waals surface area (Å²) >= 11 is 0. The van der Waals surface area contributed by atoms with Gasteiger partial charge in [0.15, 0.2) is 0 Å². The second-order valence-corrected chi connectivity index (χ2v) is 3.96. The van der Waals surface area contributed by atoms with E-state index in [1.807, 2.05) is 0 Å². The van der Waals surface area contributed by atoms with Crippen LogP contribution in [-0.4, -0.2) is 75.8 Å². The van der Waals surface area contributed by atoms with Crippen LogP contribution in [-0.2, 0) is 0 Å². The molecule has 0 aromatic rings. The zero-order valence-electron chi connectivity index (χ0n) is 8.95. The first kappa shape index (κ1) is 13.8. The van der Waals surface area contributed by atoms with Crippen LogP contribution in [0.15, 0.2) is 0 Å². The molecule has 0 aliphatic carbocycles. The van der Waals surface area contributed by atoms with Crippen LogP contribution in [0, 0.1) is 0 Å². The fourth-order valence-corrected chi connectivity index (χ4v) is 1.65. The summed E-state index contributed by atoms with van der Waals surface area (Å²) in [6, 6.07) is 0. The van der Waals surface area contributed by atoms with Crippen molar-refractivity contribution in [3.63, 3.8) is 0 Å². The molecular weight excluding hydrogens is 216 g/mol. The monoisotopic (exact) mass is 236 g/mol. The van der Waals surface area contributed by atoms with Gasteiger partial charge in [-0.25, -0.2) is 0 Å². The number of aliphatic hydroxyl groups is 5. The maximum absolute atomic E-state index is 9.73. The Balaban J connectivity index is 2.47. The summed E-state index contributed by atoms with van der Waals surface area (Å²) in [7, 11) is 0. The summed E-state index contributed by atoms with van der Waals surface area (Å²) in [6.07, 6.45) is -5.42. The number of hydrogen-bond donors (Lipinski definition) is 7. The Kier molecular flexibility index (Phi) is 5.56. The second kappa shape index (κ2) is 6.45. The number of rotatable bonds is 5. The van der Waals surface area contributed by atoms with E-state index in [1.165, 1.54) is 0 Å². The van der Waals surface area contributed by atoms with Gasteiger partial charge in [-0.05, 0) is 19.5 Å². The topological polar surface area (TPSA) is 125 Å². The van der Waals surface area contributed by atoms with Crippen molar-refractivity contribution in [2.45, 2.75) is 37.0 Å². The third-order valence-corrected chi connectivity index (χ3v) is 2.70. The highest BCUT2D eigenvalue weighted by atomic mass is 16.4. The first-order valence-electron chi connectivity index (χ1n) is 5.38. The molecule has 1 rings (SSSR count). The number of nitrogens with one attached hydrogen (secondary N) is 2. The van der Waals surface area contributed by atoms with Crippen LogP contribution in [0.4, 0.5) is 0 Å². The van der Waals surface area contributed by atoms with Gasteiger partial charge in [0, 0.05) is 0 Å². The van der Waals surface area contributed by atoms with E-state index in [2.05, 4.69) is 10.6 Å². The molecule has 0 spiro atoms. The molecule has 0 amide bonds. The molecule has 16 heavy (non-hydrogen) atoms. The SMILES string of the molecule is OC[C@H](O)[C@H](O)[C@@H](O)[C@@H](O)C1NCCCN1. The predicted molar refractivity (Wildman–Crippen MR) is 55.5 cm³/mol. The van der Waals surface area contributed by atoms with E-state index >= 15 is 0 Å². The highest BCUT2D eigenvalue weighted by Crippen LogP contribution is 2.08. The zero-order valence-corrected chi connectivity index (χ0v) is 8.95. The highest BCUT2D eigenvalue weighted by Gasteiger charge is 2.34. The van der Waals surface area contributed by atoms with E-state index in [-0.39, 0.29) is 0 Å². The smallest absolute Gasteiger partial charge is 0.111 e. The lowest BCUT2D eigenvalue weighted by atomic mass is 10.0. The first-order chi connectivity index (χ1) is 7.57. The molecule has 1 fully saturated rings. The van der Waals surface area contributed by atoms with E-state index in [1.54, 1.807) is 0 Å². The summed E-state index contributed by atoms with van der Waals surface area (Å²) in [5.41, 5.74) is 0. The van der Waals surface area contributed by atoms with Gasteiger partial charge in [-0.1, -0.05) is 0 Å². The van der Waals surface area contributed by atoms with Gasteiger partial charge < -0.3 is 25.5 Å². The lowest BCUT2D eigenvalue weighted by molar-refractivity contribution is -0.125. The Morgan fingerprint density at radius 3 is 2.06 bits per heavy atom. The Labute approximate surface area is 93.7 Å². The number of hydrogen-bond acceptors (Lipinski definition) is 7. The Bertz CT molecular complexity index is 194. The first-order valence-corrected chi connectivity index (χ1v) is 5.38.